The minimum atomic E-state index is -0.186. The SMILES string of the molecule is COC(=O)[C@@H](C)c1cccc(C(C)C)c1. The number of carbonyl (C=O) groups is 1. The lowest BCUT2D eigenvalue weighted by molar-refractivity contribution is -0.141. The van der Waals surface area contributed by atoms with Gasteiger partial charge in [0.25, 0.3) is 0 Å². The number of rotatable bonds is 3. The lowest BCUT2D eigenvalue weighted by Crippen LogP contribution is -2.11. The Bertz CT molecular complexity index is 342. The Kier molecular flexibility index (Phi) is 3.89. The minimum absolute atomic E-state index is 0.184. The van der Waals surface area contributed by atoms with Crippen LogP contribution in [0.25, 0.3) is 0 Å². The quantitative estimate of drug-likeness (QED) is 0.710. The van der Waals surface area contributed by atoms with Crippen molar-refractivity contribution in [2.45, 2.75) is 32.6 Å². The summed E-state index contributed by atoms with van der Waals surface area (Å²) in [6.45, 7) is 6.15. The first kappa shape index (κ1) is 11.8. The Labute approximate surface area is 91.3 Å². The first-order chi connectivity index (χ1) is 7.06. The van der Waals surface area contributed by atoms with Crippen molar-refractivity contribution in [1.29, 1.82) is 0 Å². The summed E-state index contributed by atoms with van der Waals surface area (Å²) in [6, 6.07) is 8.11. The van der Waals surface area contributed by atoms with E-state index in [1.54, 1.807) is 0 Å². The zero-order valence-electron chi connectivity index (χ0n) is 9.78. The van der Waals surface area contributed by atoms with E-state index in [1.807, 2.05) is 19.1 Å². The van der Waals surface area contributed by atoms with E-state index in [2.05, 4.69) is 26.0 Å². The van der Waals surface area contributed by atoms with Gasteiger partial charge in [-0.05, 0) is 24.0 Å². The van der Waals surface area contributed by atoms with E-state index in [1.165, 1.54) is 12.7 Å². The summed E-state index contributed by atoms with van der Waals surface area (Å²) < 4.78 is 4.73. The molecule has 0 aromatic heterocycles. The van der Waals surface area contributed by atoms with E-state index in [0.29, 0.717) is 5.92 Å². The van der Waals surface area contributed by atoms with Crippen LogP contribution in [-0.4, -0.2) is 13.1 Å². The van der Waals surface area contributed by atoms with Crippen LogP contribution in [0, 0.1) is 0 Å². The molecule has 1 aromatic carbocycles. The highest BCUT2D eigenvalue weighted by molar-refractivity contribution is 5.77. The maximum absolute atomic E-state index is 11.4. The van der Waals surface area contributed by atoms with Crippen LogP contribution in [0.1, 0.15) is 43.7 Å². The van der Waals surface area contributed by atoms with E-state index in [-0.39, 0.29) is 11.9 Å². The number of esters is 1. The molecule has 2 heteroatoms. The normalized spacial score (nSPS) is 12.6. The van der Waals surface area contributed by atoms with Gasteiger partial charge in [-0.2, -0.15) is 0 Å². The van der Waals surface area contributed by atoms with Gasteiger partial charge in [-0.3, -0.25) is 4.79 Å². The first-order valence-electron chi connectivity index (χ1n) is 5.24. The van der Waals surface area contributed by atoms with Gasteiger partial charge >= 0.3 is 5.97 Å². The number of methoxy groups -OCH3 is 1. The molecule has 0 fully saturated rings. The topological polar surface area (TPSA) is 26.3 Å². The highest BCUT2D eigenvalue weighted by Crippen LogP contribution is 2.21. The molecule has 0 aliphatic heterocycles. The molecule has 82 valence electrons. The summed E-state index contributed by atoms with van der Waals surface area (Å²) in [5, 5.41) is 0. The Morgan fingerprint density at radius 3 is 2.33 bits per heavy atom. The van der Waals surface area contributed by atoms with Crippen molar-refractivity contribution in [2.24, 2.45) is 0 Å². The van der Waals surface area contributed by atoms with Crippen molar-refractivity contribution in [3.63, 3.8) is 0 Å². The molecule has 0 amide bonds. The maximum atomic E-state index is 11.4. The third kappa shape index (κ3) is 2.82. The second kappa shape index (κ2) is 4.96. The van der Waals surface area contributed by atoms with Crippen LogP contribution in [0.3, 0.4) is 0 Å². The van der Waals surface area contributed by atoms with Gasteiger partial charge in [0.15, 0.2) is 0 Å². The number of hydrogen-bond donors (Lipinski definition) is 0. The molecule has 0 N–H and O–H groups in total. The largest absolute Gasteiger partial charge is 0.469 e. The maximum Gasteiger partial charge on any atom is 0.312 e. The molecule has 1 atom stereocenters. The van der Waals surface area contributed by atoms with Crippen LogP contribution >= 0.6 is 0 Å². The molecule has 1 rings (SSSR count). The van der Waals surface area contributed by atoms with Crippen LogP contribution in [-0.2, 0) is 9.53 Å². The van der Waals surface area contributed by atoms with Gasteiger partial charge in [-0.25, -0.2) is 0 Å². The molecule has 0 spiro atoms. The monoisotopic (exact) mass is 206 g/mol. The summed E-state index contributed by atoms with van der Waals surface area (Å²) in [6.07, 6.45) is 0. The summed E-state index contributed by atoms with van der Waals surface area (Å²) in [7, 11) is 1.42. The lowest BCUT2D eigenvalue weighted by atomic mass is 9.95. The van der Waals surface area contributed by atoms with E-state index in [4.69, 9.17) is 4.74 Å². The van der Waals surface area contributed by atoms with E-state index in [0.717, 1.165) is 5.56 Å². The highest BCUT2D eigenvalue weighted by atomic mass is 16.5. The molecule has 0 bridgehead atoms. The molecule has 1 aromatic rings. The first-order valence-corrected chi connectivity index (χ1v) is 5.24. The molecule has 0 heterocycles. The van der Waals surface area contributed by atoms with E-state index >= 15 is 0 Å². The predicted molar refractivity (Wildman–Crippen MR) is 61.0 cm³/mol. The summed E-state index contributed by atoms with van der Waals surface area (Å²) in [5.41, 5.74) is 2.27. The fraction of sp³-hybridized carbons (Fsp3) is 0.462. The molecule has 0 saturated carbocycles. The van der Waals surface area contributed by atoms with Crippen molar-refractivity contribution >= 4 is 5.97 Å². The van der Waals surface area contributed by atoms with Gasteiger partial charge in [0.05, 0.1) is 13.0 Å². The van der Waals surface area contributed by atoms with Gasteiger partial charge < -0.3 is 4.74 Å². The fourth-order valence-corrected chi connectivity index (χ4v) is 1.50. The standard InChI is InChI=1S/C13H18O2/c1-9(2)11-6-5-7-12(8-11)10(3)13(14)15-4/h5-10H,1-4H3/t10-/m0/s1. The predicted octanol–water partition coefficient (Wildman–Crippen LogP) is 3.09. The molecule has 15 heavy (non-hydrogen) atoms. The van der Waals surface area contributed by atoms with Gasteiger partial charge in [-0.15, -0.1) is 0 Å². The Morgan fingerprint density at radius 2 is 1.80 bits per heavy atom. The van der Waals surface area contributed by atoms with Crippen LogP contribution in [0.5, 0.6) is 0 Å². The Balaban J connectivity index is 2.95. The molecule has 0 unspecified atom stereocenters. The van der Waals surface area contributed by atoms with Crippen LogP contribution in [0.4, 0.5) is 0 Å². The van der Waals surface area contributed by atoms with Crippen LogP contribution in [0.15, 0.2) is 24.3 Å². The summed E-state index contributed by atoms with van der Waals surface area (Å²) in [5.74, 6) is 0.111. The van der Waals surface area contributed by atoms with Crippen molar-refractivity contribution in [1.82, 2.24) is 0 Å². The lowest BCUT2D eigenvalue weighted by Gasteiger charge is -2.12. The zero-order chi connectivity index (χ0) is 11.4. The van der Waals surface area contributed by atoms with Crippen molar-refractivity contribution in [3.05, 3.63) is 35.4 Å². The number of benzene rings is 1. The van der Waals surface area contributed by atoms with Crippen molar-refractivity contribution in [3.8, 4) is 0 Å². The zero-order valence-corrected chi connectivity index (χ0v) is 9.78. The molecule has 0 saturated heterocycles. The van der Waals surface area contributed by atoms with Crippen molar-refractivity contribution < 1.29 is 9.53 Å². The van der Waals surface area contributed by atoms with Crippen LogP contribution < -0.4 is 0 Å². The number of carbonyl (C=O) groups excluding carboxylic acids is 1. The number of hydrogen-bond acceptors (Lipinski definition) is 2. The molecule has 0 radical (unpaired) electrons. The Morgan fingerprint density at radius 1 is 1.20 bits per heavy atom. The summed E-state index contributed by atoms with van der Waals surface area (Å²) in [4.78, 5) is 11.4. The molecule has 0 aliphatic carbocycles. The summed E-state index contributed by atoms with van der Waals surface area (Å²) >= 11 is 0. The van der Waals surface area contributed by atoms with Gasteiger partial charge in [0.2, 0.25) is 0 Å². The average molecular weight is 206 g/mol. The minimum Gasteiger partial charge on any atom is -0.469 e. The molecule has 0 aliphatic rings. The van der Waals surface area contributed by atoms with Crippen LogP contribution in [0.2, 0.25) is 0 Å². The highest BCUT2D eigenvalue weighted by Gasteiger charge is 2.15. The smallest absolute Gasteiger partial charge is 0.312 e. The Hall–Kier alpha value is -1.31. The van der Waals surface area contributed by atoms with E-state index in [9.17, 15) is 4.79 Å². The average Bonchev–Trinajstić information content (AvgIpc) is 2.27. The van der Waals surface area contributed by atoms with Gasteiger partial charge in [-0.1, -0.05) is 38.1 Å². The fourth-order valence-electron chi connectivity index (χ4n) is 1.50. The van der Waals surface area contributed by atoms with Gasteiger partial charge in [0, 0.05) is 0 Å². The third-order valence-corrected chi connectivity index (χ3v) is 2.63. The third-order valence-electron chi connectivity index (χ3n) is 2.63. The second-order valence-electron chi connectivity index (χ2n) is 4.07. The number of ether oxygens (including phenoxy) is 1. The molecule has 2 nitrogen and oxygen atoms in total. The molecular formula is C13H18O2. The van der Waals surface area contributed by atoms with Crippen molar-refractivity contribution in [2.75, 3.05) is 7.11 Å². The van der Waals surface area contributed by atoms with Gasteiger partial charge in [0.1, 0.15) is 0 Å². The second-order valence-corrected chi connectivity index (χ2v) is 4.07. The molecular weight excluding hydrogens is 188 g/mol. The van der Waals surface area contributed by atoms with E-state index < -0.39 is 0 Å².